The number of hydrogen-bond acceptors (Lipinski definition) is 5. The van der Waals surface area contributed by atoms with Crippen molar-refractivity contribution >= 4 is 42.1 Å². The summed E-state index contributed by atoms with van der Waals surface area (Å²) in [6.07, 6.45) is 3.19. The number of anilines is 1. The number of pyridine rings is 1. The summed E-state index contributed by atoms with van der Waals surface area (Å²) in [7, 11) is 0. The Labute approximate surface area is 197 Å². The number of carbonyl (C=O) groups excluding carboxylic acids is 2. The minimum atomic E-state index is -0.526. The number of ether oxygens (including phenoxy) is 1. The number of aromatic nitrogens is 1. The van der Waals surface area contributed by atoms with Gasteiger partial charge >= 0.3 is 6.09 Å². The first-order valence-electron chi connectivity index (χ1n) is 11.2. The second-order valence-electron chi connectivity index (χ2n) is 9.43. The number of amides is 2. The Kier molecular flexibility index (Phi) is 7.54. The molecule has 0 aliphatic carbocycles. The van der Waals surface area contributed by atoms with Crippen LogP contribution in [-0.4, -0.2) is 71.7 Å². The molecule has 0 N–H and O–H groups in total. The van der Waals surface area contributed by atoms with Crippen LogP contribution >= 0.6 is 13.5 Å². The van der Waals surface area contributed by atoms with E-state index in [1.54, 1.807) is 4.90 Å². The van der Waals surface area contributed by atoms with Gasteiger partial charge in [-0.15, -0.1) is 0 Å². The Morgan fingerprint density at radius 2 is 1.72 bits per heavy atom. The molecule has 0 saturated carbocycles. The van der Waals surface area contributed by atoms with Crippen LogP contribution < -0.4 is 4.90 Å². The fraction of sp³-hybridized carbons (Fsp3) is 0.542. The third-order valence-corrected chi connectivity index (χ3v) is 5.98. The lowest BCUT2D eigenvalue weighted by Crippen LogP contribution is -2.53. The number of nitrogens with zero attached hydrogens (tertiary/aromatic N) is 4. The smallest absolute Gasteiger partial charge is 0.410 e. The van der Waals surface area contributed by atoms with E-state index in [4.69, 9.17) is 4.74 Å². The third kappa shape index (κ3) is 5.46. The van der Waals surface area contributed by atoms with Gasteiger partial charge in [0.25, 0.3) is 0 Å². The second kappa shape index (κ2) is 9.98. The quantitative estimate of drug-likeness (QED) is 0.687. The van der Waals surface area contributed by atoms with Crippen molar-refractivity contribution in [2.75, 3.05) is 44.2 Å². The Hall–Kier alpha value is -2.48. The molecule has 3 heterocycles. The first-order chi connectivity index (χ1) is 14.8. The molecule has 0 radical (unpaired) electrons. The molecule has 2 aliphatic rings. The van der Waals surface area contributed by atoms with Gasteiger partial charge in [-0.05, 0) is 45.7 Å². The van der Waals surface area contributed by atoms with Crippen molar-refractivity contribution < 1.29 is 14.3 Å². The third-order valence-electron chi connectivity index (χ3n) is 5.98. The van der Waals surface area contributed by atoms with Crippen LogP contribution in [-0.2, 0) is 9.53 Å². The number of fused-ring (bicyclic) bond motifs is 1. The van der Waals surface area contributed by atoms with Gasteiger partial charge in [0.15, 0.2) is 0 Å². The summed E-state index contributed by atoms with van der Waals surface area (Å²) in [5.41, 5.74) is 1.64. The molecule has 1 aromatic carbocycles. The van der Waals surface area contributed by atoms with Gasteiger partial charge in [0, 0.05) is 56.5 Å². The topological polar surface area (TPSA) is 66.0 Å². The van der Waals surface area contributed by atoms with Crippen molar-refractivity contribution in [2.24, 2.45) is 5.92 Å². The average molecular weight is 459 g/mol. The molecule has 2 saturated heterocycles. The molecule has 0 unspecified atom stereocenters. The standard InChI is InChI=1S/C24H32N4O3.H2S/c1-24(2,3)31-23(30)28-12-6-7-18(17-28)22(29)27-15-13-26(14-16-27)21-10-11-25-20-9-5-4-8-19(20)21;/h4-5,8-11,18H,6-7,12-17H2,1-3H3;1H2/t18-;/m0./s1. The van der Waals surface area contributed by atoms with E-state index < -0.39 is 5.60 Å². The maximum absolute atomic E-state index is 13.2. The van der Waals surface area contributed by atoms with Gasteiger partial charge in [0.1, 0.15) is 5.60 Å². The van der Waals surface area contributed by atoms with Gasteiger partial charge in [0.05, 0.1) is 11.4 Å². The highest BCUT2D eigenvalue weighted by Crippen LogP contribution is 2.27. The zero-order chi connectivity index (χ0) is 22.0. The number of likely N-dealkylation sites (tertiary alicyclic amines) is 1. The predicted molar refractivity (Wildman–Crippen MR) is 131 cm³/mol. The lowest BCUT2D eigenvalue weighted by molar-refractivity contribution is -0.137. The molecule has 2 fully saturated rings. The Morgan fingerprint density at radius 1 is 1.00 bits per heavy atom. The van der Waals surface area contributed by atoms with E-state index in [1.165, 1.54) is 5.69 Å². The zero-order valence-electron chi connectivity index (χ0n) is 19.2. The molecule has 2 aliphatic heterocycles. The van der Waals surface area contributed by atoms with Crippen molar-refractivity contribution in [3.05, 3.63) is 36.5 Å². The van der Waals surface area contributed by atoms with Crippen molar-refractivity contribution in [1.82, 2.24) is 14.8 Å². The molecule has 4 rings (SSSR count). The monoisotopic (exact) mass is 458 g/mol. The number of hydrogen-bond donors (Lipinski definition) is 0. The average Bonchev–Trinajstić information content (AvgIpc) is 2.77. The fourth-order valence-corrected chi connectivity index (χ4v) is 4.45. The molecule has 2 aromatic rings. The van der Waals surface area contributed by atoms with Crippen LogP contribution in [0.25, 0.3) is 10.9 Å². The number of benzene rings is 1. The van der Waals surface area contributed by atoms with Crippen LogP contribution in [0.5, 0.6) is 0 Å². The van der Waals surface area contributed by atoms with Gasteiger partial charge in [-0.2, -0.15) is 13.5 Å². The summed E-state index contributed by atoms with van der Waals surface area (Å²) in [4.78, 5) is 36.1. The van der Waals surface area contributed by atoms with E-state index in [0.717, 1.165) is 36.8 Å². The fourth-order valence-electron chi connectivity index (χ4n) is 4.45. The maximum atomic E-state index is 13.2. The molecule has 0 spiro atoms. The molecule has 2 amide bonds. The number of rotatable bonds is 2. The second-order valence-corrected chi connectivity index (χ2v) is 9.43. The SMILES string of the molecule is CC(C)(C)OC(=O)N1CCC[C@H](C(=O)N2CCN(c3ccnc4ccccc34)CC2)C1.S. The summed E-state index contributed by atoms with van der Waals surface area (Å²) in [5.74, 6) is 0.0158. The molecule has 1 atom stereocenters. The van der Waals surface area contributed by atoms with Crippen LogP contribution in [0.4, 0.5) is 10.5 Å². The summed E-state index contributed by atoms with van der Waals surface area (Å²) < 4.78 is 5.50. The van der Waals surface area contributed by atoms with Gasteiger partial charge < -0.3 is 19.4 Å². The van der Waals surface area contributed by atoms with Gasteiger partial charge in [0.2, 0.25) is 5.91 Å². The lowest BCUT2D eigenvalue weighted by atomic mass is 9.96. The number of carbonyl (C=O) groups is 2. The summed E-state index contributed by atoms with van der Waals surface area (Å²) in [5, 5.41) is 1.14. The summed E-state index contributed by atoms with van der Waals surface area (Å²) in [6.45, 7) is 9.67. The van der Waals surface area contributed by atoms with Crippen LogP contribution in [0.2, 0.25) is 0 Å². The minimum Gasteiger partial charge on any atom is -0.444 e. The first kappa shape index (κ1) is 24.2. The molecule has 8 heteroatoms. The van der Waals surface area contributed by atoms with Crippen LogP contribution in [0.15, 0.2) is 36.5 Å². The molecule has 32 heavy (non-hydrogen) atoms. The molecule has 1 aromatic heterocycles. The first-order valence-corrected chi connectivity index (χ1v) is 11.2. The number of para-hydroxylation sites is 1. The highest BCUT2D eigenvalue weighted by atomic mass is 32.1. The highest BCUT2D eigenvalue weighted by molar-refractivity contribution is 7.59. The number of piperidine rings is 1. The molecular weight excluding hydrogens is 424 g/mol. The molecule has 7 nitrogen and oxygen atoms in total. The van der Waals surface area contributed by atoms with E-state index in [1.807, 2.05) is 50.1 Å². The molecular formula is C24H34N4O3S. The molecule has 0 bridgehead atoms. The normalized spacial score (nSPS) is 19.5. The van der Waals surface area contributed by atoms with Crippen molar-refractivity contribution in [3.8, 4) is 0 Å². The maximum Gasteiger partial charge on any atom is 0.410 e. The van der Waals surface area contributed by atoms with Gasteiger partial charge in [-0.1, -0.05) is 18.2 Å². The summed E-state index contributed by atoms with van der Waals surface area (Å²) >= 11 is 0. The van der Waals surface area contributed by atoms with E-state index in [-0.39, 0.29) is 31.4 Å². The van der Waals surface area contributed by atoms with Crippen molar-refractivity contribution in [1.29, 1.82) is 0 Å². The Balaban J connectivity index is 0.00000289. The van der Waals surface area contributed by atoms with Gasteiger partial charge in [-0.25, -0.2) is 4.79 Å². The Bertz CT molecular complexity index is 948. The highest BCUT2D eigenvalue weighted by Gasteiger charge is 2.34. The van der Waals surface area contributed by atoms with Crippen LogP contribution in [0.3, 0.4) is 0 Å². The van der Waals surface area contributed by atoms with E-state index >= 15 is 0 Å². The largest absolute Gasteiger partial charge is 0.444 e. The zero-order valence-corrected chi connectivity index (χ0v) is 20.2. The van der Waals surface area contributed by atoms with E-state index in [9.17, 15) is 9.59 Å². The molecule has 174 valence electrons. The van der Waals surface area contributed by atoms with Crippen LogP contribution in [0, 0.1) is 5.92 Å². The van der Waals surface area contributed by atoms with Gasteiger partial charge in [-0.3, -0.25) is 9.78 Å². The van der Waals surface area contributed by atoms with E-state index in [2.05, 4.69) is 22.0 Å². The van der Waals surface area contributed by atoms with Crippen LogP contribution in [0.1, 0.15) is 33.6 Å². The van der Waals surface area contributed by atoms with Crippen molar-refractivity contribution in [2.45, 2.75) is 39.2 Å². The predicted octanol–water partition coefficient (Wildman–Crippen LogP) is 3.64. The van der Waals surface area contributed by atoms with Crippen molar-refractivity contribution in [3.63, 3.8) is 0 Å². The lowest BCUT2D eigenvalue weighted by Gasteiger charge is -2.40. The number of piperazine rings is 1. The Morgan fingerprint density at radius 3 is 2.44 bits per heavy atom. The minimum absolute atomic E-state index is 0. The van der Waals surface area contributed by atoms with E-state index in [0.29, 0.717) is 26.2 Å². The summed E-state index contributed by atoms with van der Waals surface area (Å²) in [6, 6.07) is 10.2.